The number of fused-ring (bicyclic) bond motifs is 1. The van der Waals surface area contributed by atoms with Crippen LogP contribution in [0.15, 0.2) is 41.5 Å². The van der Waals surface area contributed by atoms with E-state index in [1.165, 1.54) is 35.5 Å². The monoisotopic (exact) mass is 499 g/mol. The predicted molar refractivity (Wildman–Crippen MR) is 140 cm³/mol. The van der Waals surface area contributed by atoms with Crippen molar-refractivity contribution in [2.24, 2.45) is 16.8 Å². The molecule has 1 amide bonds. The Morgan fingerprint density at radius 3 is 2.66 bits per heavy atom. The van der Waals surface area contributed by atoms with Crippen LogP contribution < -0.4 is 21.6 Å². The number of amides is 1. The van der Waals surface area contributed by atoms with E-state index in [1.54, 1.807) is 4.90 Å². The number of benzene rings is 2. The molecule has 0 saturated carbocycles. The first-order valence-corrected chi connectivity index (χ1v) is 12.0. The number of carbonyl (C=O) groups excluding carboxylic acids is 1. The zero-order valence-electron chi connectivity index (χ0n) is 20.0. The standard InChI is InChI=1S/C25H31ClFN7O/c1-17-18-4-3-5-22(32-14-12-31(2)13-15-32)19(18)10-11-33(17)24(35)9-6-20-23(34(29)16-30-28)8-7-21(26)25(20)27/h3-9,16-17H,10-15,28-29H2,1-2H3/b9-6+,30-16-. The second kappa shape index (κ2) is 10.6. The highest BCUT2D eigenvalue weighted by atomic mass is 35.5. The summed E-state index contributed by atoms with van der Waals surface area (Å²) in [6, 6.07) is 9.16. The minimum Gasteiger partial charge on any atom is -0.369 e. The predicted octanol–water partition coefficient (Wildman–Crippen LogP) is 2.97. The number of piperazine rings is 1. The molecule has 2 aromatic rings. The molecule has 2 aromatic carbocycles. The first-order chi connectivity index (χ1) is 16.8. The van der Waals surface area contributed by atoms with Gasteiger partial charge < -0.3 is 20.5 Å². The van der Waals surface area contributed by atoms with Gasteiger partial charge in [-0.05, 0) is 55.8 Å². The van der Waals surface area contributed by atoms with E-state index in [0.29, 0.717) is 6.54 Å². The summed E-state index contributed by atoms with van der Waals surface area (Å²) in [6.07, 6.45) is 4.66. The molecule has 10 heteroatoms. The first-order valence-electron chi connectivity index (χ1n) is 11.6. The zero-order chi connectivity index (χ0) is 25.1. The zero-order valence-corrected chi connectivity index (χ0v) is 20.7. The summed E-state index contributed by atoms with van der Waals surface area (Å²) in [5, 5.41) is 4.36. The highest BCUT2D eigenvalue weighted by molar-refractivity contribution is 6.31. The summed E-state index contributed by atoms with van der Waals surface area (Å²) < 4.78 is 14.8. The van der Waals surface area contributed by atoms with Gasteiger partial charge in [0.05, 0.1) is 16.8 Å². The van der Waals surface area contributed by atoms with Crippen molar-refractivity contribution in [3.05, 3.63) is 63.9 Å². The van der Waals surface area contributed by atoms with Crippen molar-refractivity contribution in [1.82, 2.24) is 9.80 Å². The Bertz CT molecular complexity index is 1150. The van der Waals surface area contributed by atoms with E-state index in [2.05, 4.69) is 40.1 Å². The van der Waals surface area contributed by atoms with Gasteiger partial charge in [0.25, 0.3) is 0 Å². The van der Waals surface area contributed by atoms with Crippen LogP contribution in [0.25, 0.3) is 6.08 Å². The minimum atomic E-state index is -0.678. The minimum absolute atomic E-state index is 0.0735. The number of anilines is 2. The molecule has 4 N–H and O–H groups in total. The van der Waals surface area contributed by atoms with Crippen molar-refractivity contribution in [3.8, 4) is 0 Å². The highest BCUT2D eigenvalue weighted by Crippen LogP contribution is 2.36. The van der Waals surface area contributed by atoms with Crippen LogP contribution >= 0.6 is 11.6 Å². The van der Waals surface area contributed by atoms with Crippen molar-refractivity contribution in [3.63, 3.8) is 0 Å². The SMILES string of the molecule is CC1c2cccc(N3CCN(C)CC3)c2CCN1C(=O)/C=C/c1c(N(N)/C=N\N)ccc(Cl)c1F. The van der Waals surface area contributed by atoms with Gasteiger partial charge in [0.2, 0.25) is 5.91 Å². The number of hydrazine groups is 1. The van der Waals surface area contributed by atoms with Gasteiger partial charge in [-0.15, -0.1) is 0 Å². The summed E-state index contributed by atoms with van der Waals surface area (Å²) in [4.78, 5) is 19.8. The van der Waals surface area contributed by atoms with E-state index >= 15 is 0 Å². The maximum absolute atomic E-state index is 14.8. The third-order valence-corrected chi connectivity index (χ3v) is 7.10. The van der Waals surface area contributed by atoms with E-state index in [1.807, 2.05) is 6.92 Å². The van der Waals surface area contributed by atoms with Gasteiger partial charge in [0.15, 0.2) is 5.82 Å². The number of carbonyl (C=O) groups is 1. The van der Waals surface area contributed by atoms with Crippen molar-refractivity contribution >= 4 is 41.3 Å². The number of rotatable bonds is 5. The quantitative estimate of drug-likeness (QED) is 0.216. The highest BCUT2D eigenvalue weighted by Gasteiger charge is 2.29. The fourth-order valence-electron chi connectivity index (χ4n) is 4.82. The van der Waals surface area contributed by atoms with Crippen molar-refractivity contribution in [2.45, 2.75) is 19.4 Å². The molecular formula is C25H31ClFN7O. The van der Waals surface area contributed by atoms with Crippen LogP contribution in [0.3, 0.4) is 0 Å². The lowest BCUT2D eigenvalue weighted by atomic mass is 9.91. The molecule has 2 aliphatic heterocycles. The average molecular weight is 500 g/mol. The summed E-state index contributed by atoms with van der Waals surface area (Å²) in [5.74, 6) is 10.2. The van der Waals surface area contributed by atoms with Crippen LogP contribution in [0.1, 0.15) is 29.7 Å². The number of halogens is 2. The van der Waals surface area contributed by atoms with E-state index < -0.39 is 5.82 Å². The maximum atomic E-state index is 14.8. The molecule has 0 bridgehead atoms. The Morgan fingerprint density at radius 1 is 1.20 bits per heavy atom. The van der Waals surface area contributed by atoms with Crippen molar-refractivity contribution in [1.29, 1.82) is 0 Å². The van der Waals surface area contributed by atoms with Crippen LogP contribution in [-0.4, -0.2) is 61.8 Å². The number of hydrogen-bond acceptors (Lipinski definition) is 6. The lowest BCUT2D eigenvalue weighted by Gasteiger charge is -2.39. The van der Waals surface area contributed by atoms with E-state index in [-0.39, 0.29) is 28.2 Å². The number of likely N-dealkylation sites (N-methyl/N-ethyl adjacent to an activating group) is 1. The Kier molecular flexibility index (Phi) is 7.59. The van der Waals surface area contributed by atoms with E-state index in [0.717, 1.165) is 49.5 Å². The molecule has 35 heavy (non-hydrogen) atoms. The molecule has 0 spiro atoms. The lowest BCUT2D eigenvalue weighted by molar-refractivity contribution is -0.128. The molecule has 4 rings (SSSR count). The summed E-state index contributed by atoms with van der Waals surface area (Å²) in [6.45, 7) is 6.67. The molecule has 1 unspecified atom stereocenters. The fourth-order valence-corrected chi connectivity index (χ4v) is 4.98. The molecule has 0 radical (unpaired) electrons. The molecule has 1 atom stereocenters. The topological polar surface area (TPSA) is 94.4 Å². The van der Waals surface area contributed by atoms with Crippen molar-refractivity contribution < 1.29 is 9.18 Å². The Morgan fingerprint density at radius 2 is 1.94 bits per heavy atom. The van der Waals surface area contributed by atoms with Gasteiger partial charge in [0, 0.05) is 50.1 Å². The van der Waals surface area contributed by atoms with Gasteiger partial charge in [-0.25, -0.2) is 10.2 Å². The summed E-state index contributed by atoms with van der Waals surface area (Å²) in [5.41, 5.74) is 4.08. The number of nitrogens with two attached hydrogens (primary N) is 2. The molecule has 2 aliphatic rings. The fraction of sp³-hybridized carbons (Fsp3) is 0.360. The third kappa shape index (κ3) is 5.12. The lowest BCUT2D eigenvalue weighted by Crippen LogP contribution is -2.45. The van der Waals surface area contributed by atoms with Gasteiger partial charge in [0.1, 0.15) is 6.34 Å². The molecule has 186 valence electrons. The molecule has 0 aromatic heterocycles. The maximum Gasteiger partial charge on any atom is 0.247 e. The van der Waals surface area contributed by atoms with Crippen LogP contribution in [0.5, 0.6) is 0 Å². The van der Waals surface area contributed by atoms with Gasteiger partial charge in [-0.3, -0.25) is 9.80 Å². The van der Waals surface area contributed by atoms with E-state index in [4.69, 9.17) is 23.3 Å². The molecular weight excluding hydrogens is 469 g/mol. The normalized spacial score (nSPS) is 18.9. The molecule has 0 aliphatic carbocycles. The van der Waals surface area contributed by atoms with Crippen LogP contribution in [0.2, 0.25) is 5.02 Å². The largest absolute Gasteiger partial charge is 0.369 e. The molecule has 1 saturated heterocycles. The second-order valence-electron chi connectivity index (χ2n) is 8.89. The van der Waals surface area contributed by atoms with Crippen molar-refractivity contribution in [2.75, 3.05) is 49.7 Å². The Hall–Kier alpha value is -3.14. The Balaban J connectivity index is 1.57. The second-order valence-corrected chi connectivity index (χ2v) is 9.30. The summed E-state index contributed by atoms with van der Waals surface area (Å²) in [7, 11) is 2.14. The third-order valence-electron chi connectivity index (χ3n) is 6.81. The first kappa shape index (κ1) is 25.0. The van der Waals surface area contributed by atoms with Gasteiger partial charge in [-0.1, -0.05) is 23.7 Å². The van der Waals surface area contributed by atoms with E-state index in [9.17, 15) is 9.18 Å². The van der Waals surface area contributed by atoms with Crippen LogP contribution in [-0.2, 0) is 11.2 Å². The molecule has 8 nitrogen and oxygen atoms in total. The smallest absolute Gasteiger partial charge is 0.247 e. The van der Waals surface area contributed by atoms with Crippen LogP contribution in [0, 0.1) is 5.82 Å². The number of hydrazone groups is 1. The molecule has 2 heterocycles. The average Bonchev–Trinajstić information content (AvgIpc) is 2.85. The van der Waals surface area contributed by atoms with Gasteiger partial charge in [-0.2, -0.15) is 5.10 Å². The van der Waals surface area contributed by atoms with Crippen LogP contribution in [0.4, 0.5) is 15.8 Å². The molecule has 1 fully saturated rings. The summed E-state index contributed by atoms with van der Waals surface area (Å²) >= 11 is 5.97. The number of hydrogen-bond donors (Lipinski definition) is 2. The number of nitrogens with zero attached hydrogens (tertiary/aromatic N) is 5. The Labute approximate surface area is 210 Å². The van der Waals surface area contributed by atoms with Gasteiger partial charge >= 0.3 is 0 Å².